The van der Waals surface area contributed by atoms with Crippen LogP contribution in [0.4, 0.5) is 5.69 Å². The third-order valence-electron chi connectivity index (χ3n) is 2.93. The van der Waals surface area contributed by atoms with Crippen LogP contribution in [0.15, 0.2) is 54.6 Å². The maximum absolute atomic E-state index is 12.0. The lowest BCUT2D eigenvalue weighted by molar-refractivity contribution is -0.111. The van der Waals surface area contributed by atoms with Gasteiger partial charge in [-0.15, -0.1) is 6.42 Å². The SMILES string of the molecule is C#Cc1cccc(NC(=O)/C=C/c2ccccc2OCC)c1. The predicted octanol–water partition coefficient (Wildman–Crippen LogP) is 3.72. The summed E-state index contributed by atoms with van der Waals surface area (Å²) in [7, 11) is 0. The molecule has 0 bridgehead atoms. The molecule has 1 N–H and O–H groups in total. The monoisotopic (exact) mass is 291 g/mol. The fourth-order valence-electron chi connectivity index (χ4n) is 1.94. The van der Waals surface area contributed by atoms with Crippen molar-refractivity contribution >= 4 is 17.7 Å². The van der Waals surface area contributed by atoms with Crippen LogP contribution in [-0.2, 0) is 4.79 Å². The summed E-state index contributed by atoms with van der Waals surface area (Å²) >= 11 is 0. The quantitative estimate of drug-likeness (QED) is 0.673. The van der Waals surface area contributed by atoms with E-state index >= 15 is 0 Å². The summed E-state index contributed by atoms with van der Waals surface area (Å²) in [4.78, 5) is 12.0. The van der Waals surface area contributed by atoms with Gasteiger partial charge in [0.25, 0.3) is 0 Å². The summed E-state index contributed by atoms with van der Waals surface area (Å²) in [5, 5.41) is 2.78. The fourth-order valence-corrected chi connectivity index (χ4v) is 1.94. The van der Waals surface area contributed by atoms with Crippen molar-refractivity contribution in [1.82, 2.24) is 0 Å². The Labute approximate surface area is 130 Å². The number of hydrogen-bond acceptors (Lipinski definition) is 2. The van der Waals surface area contributed by atoms with E-state index in [1.165, 1.54) is 6.08 Å². The molecule has 0 aromatic heterocycles. The number of para-hydroxylation sites is 1. The number of ether oxygens (including phenoxy) is 1. The Bertz CT molecular complexity index is 726. The number of amides is 1. The van der Waals surface area contributed by atoms with Crippen LogP contribution < -0.4 is 10.1 Å². The van der Waals surface area contributed by atoms with E-state index in [2.05, 4.69) is 11.2 Å². The molecule has 0 radical (unpaired) electrons. The molecule has 110 valence electrons. The topological polar surface area (TPSA) is 38.3 Å². The number of anilines is 1. The minimum atomic E-state index is -0.222. The Morgan fingerprint density at radius 1 is 1.27 bits per heavy atom. The summed E-state index contributed by atoms with van der Waals surface area (Å²) in [5.41, 5.74) is 2.25. The molecule has 0 saturated carbocycles. The van der Waals surface area contributed by atoms with Gasteiger partial charge in [0.15, 0.2) is 0 Å². The van der Waals surface area contributed by atoms with Crippen LogP contribution >= 0.6 is 0 Å². The molecule has 2 aromatic carbocycles. The van der Waals surface area contributed by atoms with E-state index in [0.29, 0.717) is 12.3 Å². The summed E-state index contributed by atoms with van der Waals surface area (Å²) in [6, 6.07) is 14.7. The molecule has 0 saturated heterocycles. The first-order chi connectivity index (χ1) is 10.7. The summed E-state index contributed by atoms with van der Waals surface area (Å²) in [6.07, 6.45) is 8.54. The molecule has 0 heterocycles. The maximum Gasteiger partial charge on any atom is 0.248 e. The van der Waals surface area contributed by atoms with E-state index in [4.69, 9.17) is 11.2 Å². The van der Waals surface area contributed by atoms with Gasteiger partial charge in [-0.1, -0.05) is 30.2 Å². The number of carbonyl (C=O) groups excluding carboxylic acids is 1. The second-order valence-electron chi connectivity index (χ2n) is 4.52. The fraction of sp³-hybridized carbons (Fsp3) is 0.105. The average Bonchev–Trinajstić information content (AvgIpc) is 2.54. The van der Waals surface area contributed by atoms with E-state index in [9.17, 15) is 4.79 Å². The first kappa shape index (κ1) is 15.4. The third-order valence-corrected chi connectivity index (χ3v) is 2.93. The summed E-state index contributed by atoms with van der Waals surface area (Å²) in [6.45, 7) is 2.50. The number of nitrogens with one attached hydrogen (secondary N) is 1. The van der Waals surface area contributed by atoms with Crippen molar-refractivity contribution in [1.29, 1.82) is 0 Å². The van der Waals surface area contributed by atoms with Crippen molar-refractivity contribution in [2.24, 2.45) is 0 Å². The average molecular weight is 291 g/mol. The highest BCUT2D eigenvalue weighted by Crippen LogP contribution is 2.19. The highest BCUT2D eigenvalue weighted by atomic mass is 16.5. The van der Waals surface area contributed by atoms with Gasteiger partial charge in [0, 0.05) is 22.9 Å². The largest absolute Gasteiger partial charge is 0.493 e. The van der Waals surface area contributed by atoms with Crippen LogP contribution in [-0.4, -0.2) is 12.5 Å². The standard InChI is InChI=1S/C19H17NO2/c1-3-15-8-7-10-17(14-15)20-19(21)13-12-16-9-5-6-11-18(16)22-4-2/h1,5-14H,4H2,2H3,(H,20,21)/b13-12+. The van der Waals surface area contributed by atoms with E-state index in [-0.39, 0.29) is 5.91 Å². The second kappa shape index (κ2) is 7.70. The highest BCUT2D eigenvalue weighted by Gasteiger charge is 2.01. The lowest BCUT2D eigenvalue weighted by Crippen LogP contribution is -2.07. The lowest BCUT2D eigenvalue weighted by atomic mass is 10.2. The van der Waals surface area contributed by atoms with Crippen molar-refractivity contribution < 1.29 is 9.53 Å². The van der Waals surface area contributed by atoms with Crippen LogP contribution in [0.25, 0.3) is 6.08 Å². The maximum atomic E-state index is 12.0. The van der Waals surface area contributed by atoms with Crippen molar-refractivity contribution in [2.75, 3.05) is 11.9 Å². The number of rotatable bonds is 5. The number of benzene rings is 2. The highest BCUT2D eigenvalue weighted by molar-refractivity contribution is 6.02. The molecule has 3 heteroatoms. The van der Waals surface area contributed by atoms with Gasteiger partial charge in [0.2, 0.25) is 5.91 Å². The number of carbonyl (C=O) groups is 1. The number of hydrogen-bond donors (Lipinski definition) is 1. The van der Waals surface area contributed by atoms with Crippen LogP contribution in [0.3, 0.4) is 0 Å². The molecule has 0 atom stereocenters. The first-order valence-electron chi connectivity index (χ1n) is 7.00. The van der Waals surface area contributed by atoms with Crippen LogP contribution in [0.5, 0.6) is 5.75 Å². The molecule has 0 spiro atoms. The molecule has 1 amide bonds. The van der Waals surface area contributed by atoms with Crippen molar-refractivity contribution in [3.05, 3.63) is 65.7 Å². The van der Waals surface area contributed by atoms with Gasteiger partial charge in [0.05, 0.1) is 6.61 Å². The smallest absolute Gasteiger partial charge is 0.248 e. The zero-order chi connectivity index (χ0) is 15.8. The van der Waals surface area contributed by atoms with Crippen molar-refractivity contribution in [3.8, 4) is 18.1 Å². The minimum absolute atomic E-state index is 0.222. The minimum Gasteiger partial charge on any atom is -0.493 e. The molecular formula is C19H17NO2. The molecule has 22 heavy (non-hydrogen) atoms. The molecule has 0 aliphatic heterocycles. The normalized spacial score (nSPS) is 10.2. The molecule has 3 nitrogen and oxygen atoms in total. The van der Waals surface area contributed by atoms with Gasteiger partial charge in [-0.3, -0.25) is 4.79 Å². The van der Waals surface area contributed by atoms with Crippen molar-refractivity contribution in [3.63, 3.8) is 0 Å². The Hall–Kier alpha value is -2.99. The predicted molar refractivity (Wildman–Crippen MR) is 89.7 cm³/mol. The van der Waals surface area contributed by atoms with Gasteiger partial charge in [-0.2, -0.15) is 0 Å². The lowest BCUT2D eigenvalue weighted by Gasteiger charge is -2.06. The van der Waals surface area contributed by atoms with Gasteiger partial charge in [-0.25, -0.2) is 0 Å². The molecule has 0 fully saturated rings. The van der Waals surface area contributed by atoms with Crippen LogP contribution in [0, 0.1) is 12.3 Å². The molecular weight excluding hydrogens is 274 g/mol. The Morgan fingerprint density at radius 3 is 2.86 bits per heavy atom. The van der Waals surface area contributed by atoms with Gasteiger partial charge < -0.3 is 10.1 Å². The summed E-state index contributed by atoms with van der Waals surface area (Å²) in [5.74, 6) is 3.07. The molecule has 0 unspecified atom stereocenters. The third kappa shape index (κ3) is 4.26. The van der Waals surface area contributed by atoms with E-state index < -0.39 is 0 Å². The molecule has 2 aromatic rings. The molecule has 2 rings (SSSR count). The number of terminal acetylenes is 1. The van der Waals surface area contributed by atoms with E-state index in [1.54, 1.807) is 24.3 Å². The van der Waals surface area contributed by atoms with Gasteiger partial charge >= 0.3 is 0 Å². The van der Waals surface area contributed by atoms with E-state index in [1.807, 2.05) is 37.3 Å². The van der Waals surface area contributed by atoms with Gasteiger partial charge in [0.1, 0.15) is 5.75 Å². The van der Waals surface area contributed by atoms with Crippen LogP contribution in [0.2, 0.25) is 0 Å². The summed E-state index contributed by atoms with van der Waals surface area (Å²) < 4.78 is 5.51. The molecule has 0 aliphatic carbocycles. The van der Waals surface area contributed by atoms with Crippen molar-refractivity contribution in [2.45, 2.75) is 6.92 Å². The first-order valence-corrected chi connectivity index (χ1v) is 7.00. The zero-order valence-electron chi connectivity index (χ0n) is 12.4. The zero-order valence-corrected chi connectivity index (χ0v) is 12.4. The van der Waals surface area contributed by atoms with E-state index in [0.717, 1.165) is 16.9 Å². The Kier molecular flexibility index (Phi) is 5.39. The Morgan fingerprint density at radius 2 is 2.09 bits per heavy atom. The Balaban J connectivity index is 2.07. The molecule has 0 aliphatic rings. The van der Waals surface area contributed by atoms with Gasteiger partial charge in [-0.05, 0) is 37.3 Å². The van der Waals surface area contributed by atoms with Crippen LogP contribution in [0.1, 0.15) is 18.1 Å². The second-order valence-corrected chi connectivity index (χ2v) is 4.52.